The van der Waals surface area contributed by atoms with E-state index in [1.54, 1.807) is 6.92 Å². The highest BCUT2D eigenvalue weighted by molar-refractivity contribution is 5.06. The van der Waals surface area contributed by atoms with Crippen LogP contribution < -0.4 is 0 Å². The molecule has 5 heteroatoms. The lowest BCUT2D eigenvalue weighted by Crippen LogP contribution is -2.67. The number of unbranched alkanes of at least 4 members (excludes halogenated alkanes) is 1. The van der Waals surface area contributed by atoms with Gasteiger partial charge < -0.3 is 24.4 Å². The Bertz CT molecular complexity index is 439. The van der Waals surface area contributed by atoms with Gasteiger partial charge in [-0.05, 0) is 44.4 Å². The van der Waals surface area contributed by atoms with E-state index in [4.69, 9.17) is 14.2 Å². The summed E-state index contributed by atoms with van der Waals surface area (Å²) in [4.78, 5) is 0. The topological polar surface area (TPSA) is 68.2 Å². The van der Waals surface area contributed by atoms with E-state index >= 15 is 0 Å². The predicted molar refractivity (Wildman–Crippen MR) is 90.0 cm³/mol. The minimum absolute atomic E-state index is 0.0815. The largest absolute Gasteiger partial charge is 0.384 e. The average molecular weight is 342 g/mol. The Hall–Kier alpha value is -0.200. The second-order valence-electron chi connectivity index (χ2n) is 8.41. The highest BCUT2D eigenvalue weighted by Crippen LogP contribution is 2.55. The van der Waals surface area contributed by atoms with Crippen LogP contribution in [0.25, 0.3) is 0 Å². The van der Waals surface area contributed by atoms with Gasteiger partial charge in [-0.2, -0.15) is 0 Å². The van der Waals surface area contributed by atoms with Crippen molar-refractivity contribution in [1.29, 1.82) is 0 Å². The molecular weight excluding hydrogens is 308 g/mol. The van der Waals surface area contributed by atoms with Crippen LogP contribution in [0.15, 0.2) is 0 Å². The Kier molecular flexibility index (Phi) is 5.30. The molecule has 4 unspecified atom stereocenters. The van der Waals surface area contributed by atoms with Gasteiger partial charge in [-0.25, -0.2) is 0 Å². The first-order chi connectivity index (χ1) is 11.3. The summed E-state index contributed by atoms with van der Waals surface area (Å²) in [7, 11) is 0. The molecule has 2 saturated heterocycles. The van der Waals surface area contributed by atoms with Crippen LogP contribution in [0.4, 0.5) is 0 Å². The molecule has 5 nitrogen and oxygen atoms in total. The maximum absolute atomic E-state index is 11.7. The SMILES string of the molecule is CCCCOC1O[C@@H]2OC(C)(O)CCC3[C@H](C)CCC([C@H]1C)[C@]32O. The first kappa shape index (κ1) is 18.6. The van der Waals surface area contributed by atoms with Gasteiger partial charge >= 0.3 is 0 Å². The molecule has 2 N–H and O–H groups in total. The molecule has 3 fully saturated rings. The van der Waals surface area contributed by atoms with E-state index in [1.165, 1.54) is 0 Å². The highest BCUT2D eigenvalue weighted by Gasteiger charge is 2.63. The van der Waals surface area contributed by atoms with E-state index < -0.39 is 17.7 Å². The minimum atomic E-state index is -1.27. The molecule has 140 valence electrons. The fraction of sp³-hybridized carbons (Fsp3) is 1.00. The van der Waals surface area contributed by atoms with E-state index in [-0.39, 0.29) is 24.0 Å². The van der Waals surface area contributed by atoms with Gasteiger partial charge in [0.1, 0.15) is 5.60 Å². The van der Waals surface area contributed by atoms with Crippen LogP contribution in [-0.2, 0) is 14.2 Å². The highest BCUT2D eigenvalue weighted by atomic mass is 16.8. The molecule has 0 amide bonds. The van der Waals surface area contributed by atoms with Gasteiger partial charge in [0.15, 0.2) is 18.4 Å². The Morgan fingerprint density at radius 1 is 1.12 bits per heavy atom. The van der Waals surface area contributed by atoms with Gasteiger partial charge in [0.2, 0.25) is 0 Å². The maximum atomic E-state index is 11.7. The van der Waals surface area contributed by atoms with Crippen molar-refractivity contribution in [2.45, 2.75) is 90.2 Å². The monoisotopic (exact) mass is 342 g/mol. The lowest BCUT2D eigenvalue weighted by Gasteiger charge is -2.57. The number of aliphatic hydroxyl groups is 2. The van der Waals surface area contributed by atoms with Gasteiger partial charge in [-0.15, -0.1) is 0 Å². The summed E-state index contributed by atoms with van der Waals surface area (Å²) in [6.45, 7) is 8.77. The molecular formula is C19H34O5. The quantitative estimate of drug-likeness (QED) is 0.769. The lowest BCUT2D eigenvalue weighted by atomic mass is 9.58. The van der Waals surface area contributed by atoms with Gasteiger partial charge in [0, 0.05) is 24.9 Å². The van der Waals surface area contributed by atoms with E-state index in [2.05, 4.69) is 20.8 Å². The van der Waals surface area contributed by atoms with E-state index in [0.29, 0.717) is 18.9 Å². The molecule has 0 aromatic heterocycles. The number of ether oxygens (including phenoxy) is 3. The van der Waals surface area contributed by atoms with Crippen LogP contribution >= 0.6 is 0 Å². The molecule has 0 aromatic carbocycles. The summed E-state index contributed by atoms with van der Waals surface area (Å²) < 4.78 is 17.9. The van der Waals surface area contributed by atoms with Crippen LogP contribution in [-0.4, -0.2) is 40.8 Å². The Morgan fingerprint density at radius 2 is 1.88 bits per heavy atom. The number of hydrogen-bond donors (Lipinski definition) is 2. The van der Waals surface area contributed by atoms with Crippen LogP contribution in [0, 0.1) is 23.7 Å². The first-order valence-electron chi connectivity index (χ1n) is 9.69. The van der Waals surface area contributed by atoms with Crippen molar-refractivity contribution in [2.24, 2.45) is 23.7 Å². The number of rotatable bonds is 4. The molecule has 3 aliphatic rings. The third-order valence-corrected chi connectivity index (χ3v) is 6.57. The molecule has 8 atom stereocenters. The first-order valence-corrected chi connectivity index (χ1v) is 9.69. The van der Waals surface area contributed by atoms with Crippen LogP contribution in [0.1, 0.15) is 66.2 Å². The zero-order valence-electron chi connectivity index (χ0n) is 15.5. The van der Waals surface area contributed by atoms with Crippen molar-refractivity contribution in [3.63, 3.8) is 0 Å². The maximum Gasteiger partial charge on any atom is 0.193 e. The van der Waals surface area contributed by atoms with E-state index in [0.717, 1.165) is 32.1 Å². The molecule has 24 heavy (non-hydrogen) atoms. The molecule has 0 bridgehead atoms. The zero-order chi connectivity index (χ0) is 17.5. The second-order valence-corrected chi connectivity index (χ2v) is 8.41. The molecule has 3 rings (SSSR count). The van der Waals surface area contributed by atoms with Crippen LogP contribution in [0.2, 0.25) is 0 Å². The summed E-state index contributed by atoms with van der Waals surface area (Å²) in [6.07, 6.45) is 4.19. The normalized spacial score (nSPS) is 51.8. The number of hydrogen-bond acceptors (Lipinski definition) is 5. The van der Waals surface area contributed by atoms with Crippen molar-refractivity contribution in [3.8, 4) is 0 Å². The summed E-state index contributed by atoms with van der Waals surface area (Å²) in [5.41, 5.74) is -1.04. The fourth-order valence-electron chi connectivity index (χ4n) is 5.07. The third kappa shape index (κ3) is 3.14. The standard InChI is InChI=1S/C19H34O5/c1-5-6-11-22-16-13(3)15-8-7-12(2)14-9-10-18(4,20)24-17(23-16)19(14,15)21/h12-17,20-21H,5-11H2,1-4H3/t12-,13-,14?,15?,16?,17-,18?,19-/m1/s1. The minimum Gasteiger partial charge on any atom is -0.384 e. The van der Waals surface area contributed by atoms with Crippen LogP contribution in [0.5, 0.6) is 0 Å². The molecule has 2 heterocycles. The van der Waals surface area contributed by atoms with Gasteiger partial charge in [-0.1, -0.05) is 27.2 Å². The Morgan fingerprint density at radius 3 is 2.58 bits per heavy atom. The molecule has 1 saturated carbocycles. The summed E-state index contributed by atoms with van der Waals surface area (Å²) in [5, 5.41) is 22.2. The molecule has 0 spiro atoms. The third-order valence-electron chi connectivity index (χ3n) is 6.57. The van der Waals surface area contributed by atoms with Gasteiger partial charge in [0.25, 0.3) is 0 Å². The Labute approximate surface area is 145 Å². The summed E-state index contributed by atoms with van der Waals surface area (Å²) >= 11 is 0. The van der Waals surface area contributed by atoms with Gasteiger partial charge in [-0.3, -0.25) is 0 Å². The Balaban J connectivity index is 1.88. The van der Waals surface area contributed by atoms with Crippen molar-refractivity contribution in [3.05, 3.63) is 0 Å². The smallest absolute Gasteiger partial charge is 0.193 e. The molecule has 0 aromatic rings. The zero-order valence-corrected chi connectivity index (χ0v) is 15.5. The van der Waals surface area contributed by atoms with E-state index in [1.807, 2.05) is 0 Å². The summed E-state index contributed by atoms with van der Waals surface area (Å²) in [5.74, 6) is -0.576. The molecule has 2 aliphatic heterocycles. The van der Waals surface area contributed by atoms with Gasteiger partial charge in [0.05, 0.1) is 0 Å². The second kappa shape index (κ2) is 6.84. The molecule has 0 radical (unpaired) electrons. The average Bonchev–Trinajstić information content (AvgIpc) is 2.61. The molecule has 1 aliphatic carbocycles. The predicted octanol–water partition coefficient (Wildman–Crippen LogP) is 3.03. The van der Waals surface area contributed by atoms with Crippen molar-refractivity contribution in [1.82, 2.24) is 0 Å². The van der Waals surface area contributed by atoms with Crippen molar-refractivity contribution in [2.75, 3.05) is 6.61 Å². The fourth-order valence-corrected chi connectivity index (χ4v) is 5.07. The van der Waals surface area contributed by atoms with Crippen molar-refractivity contribution >= 4 is 0 Å². The van der Waals surface area contributed by atoms with E-state index in [9.17, 15) is 10.2 Å². The lowest BCUT2D eigenvalue weighted by molar-refractivity contribution is -0.408. The summed E-state index contributed by atoms with van der Waals surface area (Å²) in [6, 6.07) is 0. The van der Waals surface area contributed by atoms with Crippen molar-refractivity contribution < 1.29 is 24.4 Å². The van der Waals surface area contributed by atoms with Crippen LogP contribution in [0.3, 0.4) is 0 Å².